The van der Waals surface area contributed by atoms with E-state index in [1.165, 1.54) is 25.3 Å². The molecule has 1 atom stereocenters. The lowest BCUT2D eigenvalue weighted by atomic mass is 10.1. The van der Waals surface area contributed by atoms with E-state index in [0.717, 1.165) is 0 Å². The largest absolute Gasteiger partial charge is 0.772 e. The number of hydrogen-bond donors (Lipinski definition) is 0. The van der Waals surface area contributed by atoms with Crippen molar-refractivity contribution in [2.75, 3.05) is 7.11 Å². The van der Waals surface area contributed by atoms with Crippen molar-refractivity contribution in [2.24, 2.45) is 0 Å². The number of hydrogen-bond acceptors (Lipinski definition) is 4. The van der Waals surface area contributed by atoms with Crippen molar-refractivity contribution in [1.29, 1.82) is 0 Å². The molecule has 0 radical (unpaired) electrons. The van der Waals surface area contributed by atoms with Gasteiger partial charge in [-0.25, -0.2) is 4.79 Å². The molecule has 0 aliphatic rings. The van der Waals surface area contributed by atoms with E-state index < -0.39 is 17.0 Å². The van der Waals surface area contributed by atoms with Crippen molar-refractivity contribution in [3.05, 3.63) is 34.3 Å². The highest BCUT2D eigenvalue weighted by Crippen LogP contribution is 2.18. The quantitative estimate of drug-likeness (QED) is 0.600. The fourth-order valence-corrected chi connectivity index (χ4v) is 1.78. The van der Waals surface area contributed by atoms with Crippen LogP contribution in [0.1, 0.15) is 15.9 Å². The van der Waals surface area contributed by atoms with Crippen LogP contribution in [0.4, 0.5) is 0 Å². The van der Waals surface area contributed by atoms with Crippen LogP contribution in [0.5, 0.6) is 0 Å². The maximum Gasteiger partial charge on any atom is 0.338 e. The van der Waals surface area contributed by atoms with E-state index in [2.05, 4.69) is 4.74 Å². The van der Waals surface area contributed by atoms with Crippen molar-refractivity contribution < 1.29 is 18.3 Å². The molecule has 4 nitrogen and oxygen atoms in total. The first kappa shape index (κ1) is 12.2. The minimum Gasteiger partial charge on any atom is -0.772 e. The van der Waals surface area contributed by atoms with Crippen molar-refractivity contribution in [1.82, 2.24) is 0 Å². The highest BCUT2D eigenvalue weighted by Gasteiger charge is 2.12. The Morgan fingerprint density at radius 3 is 2.80 bits per heavy atom. The van der Waals surface area contributed by atoms with Crippen molar-refractivity contribution in [3.63, 3.8) is 0 Å². The molecule has 0 heterocycles. The van der Waals surface area contributed by atoms with Gasteiger partial charge in [0.2, 0.25) is 0 Å². The summed E-state index contributed by atoms with van der Waals surface area (Å²) in [6.45, 7) is 0. The topological polar surface area (TPSA) is 66.4 Å². The number of methoxy groups -OCH3 is 1. The van der Waals surface area contributed by atoms with E-state index in [4.69, 9.17) is 11.6 Å². The van der Waals surface area contributed by atoms with E-state index in [0.29, 0.717) is 10.6 Å². The number of halogens is 1. The average molecular weight is 248 g/mol. The molecule has 0 saturated heterocycles. The van der Waals surface area contributed by atoms with Gasteiger partial charge in [-0.1, -0.05) is 28.7 Å². The summed E-state index contributed by atoms with van der Waals surface area (Å²) in [5.41, 5.74) is 0.550. The molecule has 0 fully saturated rings. The summed E-state index contributed by atoms with van der Waals surface area (Å²) < 4.78 is 25.6. The Balaban J connectivity index is 3.14. The molecule has 6 heteroatoms. The number of rotatable bonds is 3. The zero-order valence-electron chi connectivity index (χ0n) is 7.86. The molecule has 0 aromatic heterocycles. The van der Waals surface area contributed by atoms with E-state index in [1.54, 1.807) is 0 Å². The normalized spacial score (nSPS) is 12.2. The number of benzene rings is 1. The van der Waals surface area contributed by atoms with E-state index in [-0.39, 0.29) is 11.3 Å². The smallest absolute Gasteiger partial charge is 0.338 e. The summed E-state index contributed by atoms with van der Waals surface area (Å²) in [4.78, 5) is 11.3. The maximum atomic E-state index is 11.3. The molecule has 0 N–H and O–H groups in total. The molecule has 0 aliphatic carbocycles. The Hall–Kier alpha value is -0.910. The fraction of sp³-hybridized carbons (Fsp3) is 0.222. The maximum absolute atomic E-state index is 11.3. The predicted molar refractivity (Wildman–Crippen MR) is 55.4 cm³/mol. The van der Waals surface area contributed by atoms with Crippen LogP contribution < -0.4 is 0 Å². The summed E-state index contributed by atoms with van der Waals surface area (Å²) in [6.07, 6.45) is 0. The Labute approximate surface area is 94.5 Å². The highest BCUT2D eigenvalue weighted by atomic mass is 35.5. The average Bonchev–Trinajstić information content (AvgIpc) is 2.19. The molecule has 15 heavy (non-hydrogen) atoms. The van der Waals surface area contributed by atoms with Gasteiger partial charge >= 0.3 is 5.97 Å². The standard InChI is InChI=1S/C9H9ClO4S/c1-14-9(11)8-4-7(10)3-2-6(8)5-15(12)13/h2-4H,5H2,1H3,(H,12,13)/p-1. The summed E-state index contributed by atoms with van der Waals surface area (Å²) in [6, 6.07) is 4.40. The number of carbonyl (C=O) groups is 1. The van der Waals surface area contributed by atoms with Gasteiger partial charge in [-0.05, 0) is 17.7 Å². The van der Waals surface area contributed by atoms with Crippen LogP contribution in [0.15, 0.2) is 18.2 Å². The second kappa shape index (κ2) is 5.25. The third-order valence-corrected chi connectivity index (χ3v) is 2.53. The van der Waals surface area contributed by atoms with Gasteiger partial charge in [0.15, 0.2) is 0 Å². The van der Waals surface area contributed by atoms with Crippen molar-refractivity contribution >= 4 is 28.7 Å². The molecule has 1 rings (SSSR count). The lowest BCUT2D eigenvalue weighted by Gasteiger charge is -2.09. The first-order valence-corrected chi connectivity index (χ1v) is 5.59. The highest BCUT2D eigenvalue weighted by molar-refractivity contribution is 7.78. The molecule has 0 saturated carbocycles. The minimum atomic E-state index is -2.25. The van der Waals surface area contributed by atoms with Gasteiger partial charge in [0, 0.05) is 10.8 Å². The van der Waals surface area contributed by atoms with Crippen LogP contribution in [0.25, 0.3) is 0 Å². The molecular formula is C9H8ClO4S-. The van der Waals surface area contributed by atoms with Crippen molar-refractivity contribution in [3.8, 4) is 0 Å². The molecule has 1 unspecified atom stereocenters. The first-order valence-electron chi connectivity index (χ1n) is 3.97. The van der Waals surface area contributed by atoms with Gasteiger partial charge in [-0.2, -0.15) is 0 Å². The van der Waals surface area contributed by atoms with E-state index in [1.807, 2.05) is 0 Å². The van der Waals surface area contributed by atoms with Gasteiger partial charge < -0.3 is 9.29 Å². The second-order valence-corrected chi connectivity index (χ2v) is 4.07. The van der Waals surface area contributed by atoms with Gasteiger partial charge in [-0.3, -0.25) is 4.21 Å². The number of ether oxygens (including phenoxy) is 1. The van der Waals surface area contributed by atoms with Gasteiger partial charge in [0.1, 0.15) is 0 Å². The number of esters is 1. The molecule has 0 amide bonds. The summed E-state index contributed by atoms with van der Waals surface area (Å²) in [7, 11) is 1.22. The van der Waals surface area contributed by atoms with Crippen LogP contribution in [0.3, 0.4) is 0 Å². The van der Waals surface area contributed by atoms with Crippen LogP contribution in [-0.2, 0) is 21.6 Å². The number of carbonyl (C=O) groups excluding carboxylic acids is 1. The first-order chi connectivity index (χ1) is 7.04. The predicted octanol–water partition coefficient (Wildman–Crippen LogP) is 1.51. The molecule has 82 valence electrons. The molecule has 1 aromatic carbocycles. The Morgan fingerprint density at radius 1 is 1.60 bits per heavy atom. The Bertz CT molecular complexity index is 405. The zero-order valence-corrected chi connectivity index (χ0v) is 9.43. The van der Waals surface area contributed by atoms with Gasteiger partial charge in [0.25, 0.3) is 0 Å². The van der Waals surface area contributed by atoms with Crippen molar-refractivity contribution in [2.45, 2.75) is 5.75 Å². The van der Waals surface area contributed by atoms with Crippen LogP contribution in [0, 0.1) is 0 Å². The lowest BCUT2D eigenvalue weighted by molar-refractivity contribution is 0.0600. The summed E-state index contributed by atoms with van der Waals surface area (Å²) in [5, 5.41) is 0.357. The van der Waals surface area contributed by atoms with E-state index in [9.17, 15) is 13.6 Å². The van der Waals surface area contributed by atoms with E-state index >= 15 is 0 Å². The molecule has 0 aliphatic heterocycles. The third kappa shape index (κ3) is 3.30. The van der Waals surface area contributed by atoms with Crippen LogP contribution >= 0.6 is 11.6 Å². The molecule has 0 spiro atoms. The summed E-state index contributed by atoms with van der Waals surface area (Å²) in [5.74, 6) is -0.834. The minimum absolute atomic E-state index is 0.175. The molecule has 1 aromatic rings. The molecular weight excluding hydrogens is 240 g/mol. The fourth-order valence-electron chi connectivity index (χ4n) is 1.10. The van der Waals surface area contributed by atoms with Gasteiger partial charge in [0.05, 0.1) is 12.7 Å². The SMILES string of the molecule is COC(=O)c1cc(Cl)ccc1CS(=O)[O-]. The van der Waals surface area contributed by atoms with Gasteiger partial charge in [-0.15, -0.1) is 0 Å². The Morgan fingerprint density at radius 2 is 2.27 bits per heavy atom. The third-order valence-electron chi connectivity index (χ3n) is 1.75. The summed E-state index contributed by atoms with van der Waals surface area (Å²) >= 11 is 3.44. The lowest BCUT2D eigenvalue weighted by Crippen LogP contribution is -2.07. The van der Waals surface area contributed by atoms with Crippen LogP contribution in [0.2, 0.25) is 5.02 Å². The molecule has 0 bridgehead atoms. The monoisotopic (exact) mass is 247 g/mol. The Kier molecular flexibility index (Phi) is 4.26. The second-order valence-electron chi connectivity index (χ2n) is 2.74. The van der Waals surface area contributed by atoms with Crippen LogP contribution in [-0.4, -0.2) is 21.8 Å². The zero-order chi connectivity index (χ0) is 11.4.